The van der Waals surface area contributed by atoms with Crippen LogP contribution in [-0.2, 0) is 26.0 Å². The van der Waals surface area contributed by atoms with Gasteiger partial charge in [0.2, 0.25) is 10.0 Å². The number of amides is 2. The maximum atomic E-state index is 12.5. The summed E-state index contributed by atoms with van der Waals surface area (Å²) >= 11 is 0. The van der Waals surface area contributed by atoms with Gasteiger partial charge < -0.3 is 4.74 Å². The SMILES string of the molecule is CCc1ccc(OCC(=O)NNC(=O)CN(C)S(=O)(=O)c2ccc(C)cc2)cc1. The molecule has 29 heavy (non-hydrogen) atoms. The Balaban J connectivity index is 1.79. The Bertz CT molecular complexity index is 941. The average Bonchev–Trinajstić information content (AvgIpc) is 2.71. The number of likely N-dealkylation sites (N-methyl/N-ethyl adjacent to an activating group) is 1. The third-order valence-corrected chi connectivity index (χ3v) is 5.96. The molecule has 2 amide bonds. The number of ether oxygens (including phenoxy) is 1. The van der Waals surface area contributed by atoms with Gasteiger partial charge in [0.1, 0.15) is 5.75 Å². The number of carbonyl (C=O) groups is 2. The number of carbonyl (C=O) groups excluding carboxylic acids is 2. The molecule has 0 atom stereocenters. The predicted molar refractivity (Wildman–Crippen MR) is 109 cm³/mol. The van der Waals surface area contributed by atoms with Crippen LogP contribution in [0.2, 0.25) is 0 Å². The van der Waals surface area contributed by atoms with Gasteiger partial charge in [0, 0.05) is 7.05 Å². The highest BCUT2D eigenvalue weighted by molar-refractivity contribution is 7.89. The Kier molecular flexibility index (Phi) is 7.74. The highest BCUT2D eigenvalue weighted by Crippen LogP contribution is 2.14. The fourth-order valence-corrected chi connectivity index (χ4v) is 3.49. The van der Waals surface area contributed by atoms with Crippen molar-refractivity contribution in [3.63, 3.8) is 0 Å². The number of hydrogen-bond donors (Lipinski definition) is 2. The molecular formula is C20H25N3O5S. The number of benzene rings is 2. The fourth-order valence-electron chi connectivity index (χ4n) is 2.36. The first-order valence-corrected chi connectivity index (χ1v) is 10.5. The molecule has 2 rings (SSSR count). The molecule has 0 aromatic heterocycles. The summed E-state index contributed by atoms with van der Waals surface area (Å²) in [6.45, 7) is 3.15. The summed E-state index contributed by atoms with van der Waals surface area (Å²) in [5.74, 6) is -0.710. The van der Waals surface area contributed by atoms with Crippen LogP contribution in [0.25, 0.3) is 0 Å². The average molecular weight is 420 g/mol. The van der Waals surface area contributed by atoms with Crippen LogP contribution < -0.4 is 15.6 Å². The van der Waals surface area contributed by atoms with E-state index in [-0.39, 0.29) is 11.5 Å². The quantitative estimate of drug-likeness (QED) is 0.630. The molecular weight excluding hydrogens is 394 g/mol. The zero-order valence-electron chi connectivity index (χ0n) is 16.6. The monoisotopic (exact) mass is 419 g/mol. The summed E-state index contributed by atoms with van der Waals surface area (Å²) < 4.78 is 31.2. The summed E-state index contributed by atoms with van der Waals surface area (Å²) in [5, 5.41) is 0. The first kappa shape index (κ1) is 22.4. The highest BCUT2D eigenvalue weighted by atomic mass is 32.2. The lowest BCUT2D eigenvalue weighted by Crippen LogP contribution is -2.48. The number of nitrogens with zero attached hydrogens (tertiary/aromatic N) is 1. The molecule has 0 bridgehead atoms. The number of nitrogens with one attached hydrogen (secondary N) is 2. The van der Waals surface area contributed by atoms with Crippen molar-refractivity contribution >= 4 is 21.8 Å². The molecule has 2 aromatic rings. The lowest BCUT2D eigenvalue weighted by Gasteiger charge is -2.17. The Hall–Kier alpha value is -2.91. The van der Waals surface area contributed by atoms with Crippen LogP contribution >= 0.6 is 0 Å². The van der Waals surface area contributed by atoms with E-state index in [9.17, 15) is 18.0 Å². The van der Waals surface area contributed by atoms with Gasteiger partial charge in [-0.25, -0.2) is 8.42 Å². The topological polar surface area (TPSA) is 105 Å². The Morgan fingerprint density at radius 3 is 2.14 bits per heavy atom. The normalized spacial score (nSPS) is 11.2. The number of hydrogen-bond acceptors (Lipinski definition) is 5. The van der Waals surface area contributed by atoms with E-state index >= 15 is 0 Å². The molecule has 0 spiro atoms. The Labute approximate surface area is 170 Å². The van der Waals surface area contributed by atoms with Gasteiger partial charge in [0.15, 0.2) is 6.61 Å². The van der Waals surface area contributed by atoms with Crippen LogP contribution in [0.15, 0.2) is 53.4 Å². The van der Waals surface area contributed by atoms with Crippen molar-refractivity contribution in [3.8, 4) is 5.75 Å². The number of hydrazine groups is 1. The van der Waals surface area contributed by atoms with Crippen LogP contribution in [-0.4, -0.2) is 44.7 Å². The molecule has 0 saturated heterocycles. The number of sulfonamides is 1. The first-order valence-electron chi connectivity index (χ1n) is 9.05. The number of aryl methyl sites for hydroxylation is 2. The second-order valence-electron chi connectivity index (χ2n) is 6.46. The van der Waals surface area contributed by atoms with E-state index in [4.69, 9.17) is 4.74 Å². The second-order valence-corrected chi connectivity index (χ2v) is 8.50. The Morgan fingerprint density at radius 2 is 1.55 bits per heavy atom. The molecule has 0 aliphatic heterocycles. The largest absolute Gasteiger partial charge is 0.484 e. The van der Waals surface area contributed by atoms with Crippen LogP contribution in [0.4, 0.5) is 0 Å². The van der Waals surface area contributed by atoms with Crippen molar-refractivity contribution in [2.45, 2.75) is 25.2 Å². The molecule has 0 aliphatic rings. The van der Waals surface area contributed by atoms with Crippen LogP contribution in [0, 0.1) is 6.92 Å². The minimum absolute atomic E-state index is 0.0879. The van der Waals surface area contributed by atoms with Gasteiger partial charge in [0.25, 0.3) is 11.8 Å². The van der Waals surface area contributed by atoms with E-state index < -0.39 is 28.4 Å². The van der Waals surface area contributed by atoms with Crippen molar-refractivity contribution in [1.82, 2.24) is 15.2 Å². The minimum atomic E-state index is -3.81. The Morgan fingerprint density at radius 1 is 0.966 bits per heavy atom. The van der Waals surface area contributed by atoms with Crippen molar-refractivity contribution in [2.75, 3.05) is 20.2 Å². The molecule has 8 nitrogen and oxygen atoms in total. The van der Waals surface area contributed by atoms with Crippen LogP contribution in [0.1, 0.15) is 18.1 Å². The van der Waals surface area contributed by atoms with E-state index in [0.717, 1.165) is 21.9 Å². The molecule has 0 aliphatic carbocycles. The molecule has 0 unspecified atom stereocenters. The second kappa shape index (κ2) is 10.0. The van der Waals surface area contributed by atoms with Crippen LogP contribution in [0.5, 0.6) is 5.75 Å². The summed E-state index contributed by atoms with van der Waals surface area (Å²) in [4.78, 5) is 23.8. The molecule has 0 fully saturated rings. The van der Waals surface area contributed by atoms with E-state index in [1.54, 1.807) is 24.3 Å². The van der Waals surface area contributed by atoms with Crippen molar-refractivity contribution in [3.05, 3.63) is 59.7 Å². The maximum Gasteiger partial charge on any atom is 0.276 e. The molecule has 2 aromatic carbocycles. The van der Waals surface area contributed by atoms with E-state index in [2.05, 4.69) is 10.9 Å². The van der Waals surface area contributed by atoms with E-state index in [1.807, 2.05) is 26.0 Å². The van der Waals surface area contributed by atoms with Crippen molar-refractivity contribution < 1.29 is 22.7 Å². The van der Waals surface area contributed by atoms with Crippen molar-refractivity contribution in [1.29, 1.82) is 0 Å². The standard InChI is InChI=1S/C20H25N3O5S/c1-4-16-7-9-17(10-8-16)28-14-20(25)22-21-19(24)13-23(3)29(26,27)18-11-5-15(2)6-12-18/h5-12H,4,13-14H2,1-3H3,(H,21,24)(H,22,25). The van der Waals surface area contributed by atoms with Gasteiger partial charge in [-0.3, -0.25) is 20.4 Å². The predicted octanol–water partition coefficient (Wildman–Crippen LogP) is 1.40. The van der Waals surface area contributed by atoms with Gasteiger partial charge in [-0.2, -0.15) is 4.31 Å². The third kappa shape index (κ3) is 6.58. The number of rotatable bonds is 8. The highest BCUT2D eigenvalue weighted by Gasteiger charge is 2.23. The summed E-state index contributed by atoms with van der Waals surface area (Å²) in [5.41, 5.74) is 6.45. The van der Waals surface area contributed by atoms with Gasteiger partial charge in [-0.05, 0) is 43.2 Å². The maximum absolute atomic E-state index is 12.5. The minimum Gasteiger partial charge on any atom is -0.484 e. The third-order valence-electron chi connectivity index (χ3n) is 4.14. The molecule has 9 heteroatoms. The van der Waals surface area contributed by atoms with Gasteiger partial charge in [-0.1, -0.05) is 36.8 Å². The van der Waals surface area contributed by atoms with E-state index in [0.29, 0.717) is 5.75 Å². The first-order chi connectivity index (χ1) is 13.7. The molecule has 0 saturated carbocycles. The summed E-state index contributed by atoms with van der Waals surface area (Å²) in [6, 6.07) is 13.6. The summed E-state index contributed by atoms with van der Waals surface area (Å²) in [6.07, 6.45) is 0.904. The fraction of sp³-hybridized carbons (Fsp3) is 0.300. The molecule has 156 valence electrons. The lowest BCUT2D eigenvalue weighted by molar-refractivity contribution is -0.130. The zero-order chi connectivity index (χ0) is 21.4. The van der Waals surface area contributed by atoms with Gasteiger partial charge >= 0.3 is 0 Å². The van der Waals surface area contributed by atoms with Gasteiger partial charge in [0.05, 0.1) is 11.4 Å². The molecule has 2 N–H and O–H groups in total. The van der Waals surface area contributed by atoms with Gasteiger partial charge in [-0.15, -0.1) is 0 Å². The lowest BCUT2D eigenvalue weighted by atomic mass is 10.2. The van der Waals surface area contributed by atoms with Crippen molar-refractivity contribution in [2.24, 2.45) is 0 Å². The van der Waals surface area contributed by atoms with E-state index in [1.165, 1.54) is 19.2 Å². The summed E-state index contributed by atoms with van der Waals surface area (Å²) in [7, 11) is -2.52. The smallest absolute Gasteiger partial charge is 0.276 e. The zero-order valence-corrected chi connectivity index (χ0v) is 17.5. The molecule has 0 heterocycles. The molecule has 0 radical (unpaired) electrons. The van der Waals surface area contributed by atoms with Crippen LogP contribution in [0.3, 0.4) is 0 Å².